The van der Waals surface area contributed by atoms with Crippen molar-refractivity contribution >= 4 is 36.6 Å². The molecule has 2 aromatic carbocycles. The second-order valence-corrected chi connectivity index (χ2v) is 10.4. The zero-order valence-electron chi connectivity index (χ0n) is 15.9. The van der Waals surface area contributed by atoms with Gasteiger partial charge in [0.1, 0.15) is 0 Å². The van der Waals surface area contributed by atoms with Crippen LogP contribution in [-0.2, 0) is 9.05 Å². The van der Waals surface area contributed by atoms with Crippen LogP contribution in [0.3, 0.4) is 0 Å². The molecule has 4 rings (SSSR count). The molecule has 8 heteroatoms. The fourth-order valence-electron chi connectivity index (χ4n) is 3.15. The summed E-state index contributed by atoms with van der Waals surface area (Å²) >= 11 is 1.63. The topological polar surface area (TPSA) is 93.8 Å². The van der Waals surface area contributed by atoms with Crippen molar-refractivity contribution < 1.29 is 18.7 Å². The quantitative estimate of drug-likeness (QED) is 0.419. The molecule has 2 heterocycles. The predicted octanol–water partition coefficient (Wildman–Crippen LogP) is 4.50. The molecule has 1 aliphatic rings. The number of amides is 1. The summed E-state index contributed by atoms with van der Waals surface area (Å²) in [6.07, 6.45) is 0. The van der Waals surface area contributed by atoms with Crippen molar-refractivity contribution in [1.29, 1.82) is 0 Å². The average molecular weight is 430 g/mol. The molecule has 29 heavy (non-hydrogen) atoms. The number of thiophene rings is 1. The molecule has 0 saturated carbocycles. The van der Waals surface area contributed by atoms with E-state index < -0.39 is 7.94 Å². The molecular formula is C21H23N2O4PS. The molecule has 1 aromatic heterocycles. The van der Waals surface area contributed by atoms with E-state index in [0.29, 0.717) is 30.2 Å². The molecule has 1 saturated heterocycles. The van der Waals surface area contributed by atoms with Gasteiger partial charge in [-0.15, -0.1) is 11.3 Å². The maximum absolute atomic E-state index is 12.7. The fourth-order valence-corrected chi connectivity index (χ4v) is 4.98. The van der Waals surface area contributed by atoms with E-state index >= 15 is 0 Å². The number of benzene rings is 2. The van der Waals surface area contributed by atoms with E-state index in [1.165, 1.54) is 0 Å². The summed E-state index contributed by atoms with van der Waals surface area (Å²) in [6.45, 7) is 2.43. The van der Waals surface area contributed by atoms with Gasteiger partial charge in [0.25, 0.3) is 0 Å². The van der Waals surface area contributed by atoms with Gasteiger partial charge in [0.05, 0.1) is 0 Å². The predicted molar refractivity (Wildman–Crippen MR) is 120 cm³/mol. The van der Waals surface area contributed by atoms with Gasteiger partial charge >= 0.3 is 134 Å². The molecule has 0 atom stereocenters. The van der Waals surface area contributed by atoms with Gasteiger partial charge in [0.15, 0.2) is 0 Å². The van der Waals surface area contributed by atoms with Gasteiger partial charge in [0.2, 0.25) is 0 Å². The van der Waals surface area contributed by atoms with E-state index in [-0.39, 0.29) is 11.8 Å². The molecular weight excluding hydrogens is 407 g/mol. The first-order valence-corrected chi connectivity index (χ1v) is 12.4. The molecule has 0 unspecified atom stereocenters. The third kappa shape index (κ3) is 4.66. The van der Waals surface area contributed by atoms with E-state index in [0.717, 1.165) is 16.0 Å². The molecule has 0 aliphatic carbocycles. The number of nitrogen functional groups attached to an aromatic ring is 1. The summed E-state index contributed by atoms with van der Waals surface area (Å²) in [5.74, 6) is -0.184. The molecule has 6 nitrogen and oxygen atoms in total. The van der Waals surface area contributed by atoms with Crippen LogP contribution in [-0.4, -0.2) is 30.7 Å². The summed E-state index contributed by atoms with van der Waals surface area (Å²) in [5, 5.41) is 4.91. The van der Waals surface area contributed by atoms with Crippen LogP contribution in [0.2, 0.25) is 0 Å². The number of carbonyl (C=O) groups excluding carboxylic acids is 1. The van der Waals surface area contributed by atoms with Crippen molar-refractivity contribution in [1.82, 2.24) is 0 Å². The Hall–Kier alpha value is -2.28. The number of hydrogen-bond acceptors (Lipinski definition) is 6. The molecule has 1 amide bonds. The molecule has 0 radical (unpaired) electrons. The van der Waals surface area contributed by atoms with Crippen molar-refractivity contribution in [2.75, 3.05) is 30.9 Å². The van der Waals surface area contributed by atoms with Gasteiger partial charge in [0, 0.05) is 4.88 Å². The van der Waals surface area contributed by atoms with E-state index in [2.05, 4.69) is 5.32 Å². The summed E-state index contributed by atoms with van der Waals surface area (Å²) in [5.41, 5.74) is 9.71. The van der Waals surface area contributed by atoms with Gasteiger partial charge in [-0.05, 0) is 11.4 Å². The summed E-state index contributed by atoms with van der Waals surface area (Å²) in [4.78, 5) is 23.6. The van der Waals surface area contributed by atoms with Crippen LogP contribution in [0.15, 0.2) is 60.0 Å². The summed E-state index contributed by atoms with van der Waals surface area (Å²) in [7, 11) is -2.94. The first-order valence-electron chi connectivity index (χ1n) is 9.26. The third-order valence-corrected chi connectivity index (χ3v) is 7.18. The van der Waals surface area contributed by atoms with Gasteiger partial charge < -0.3 is 0 Å². The van der Waals surface area contributed by atoms with Gasteiger partial charge in [-0.3, -0.25) is 0 Å². The summed E-state index contributed by atoms with van der Waals surface area (Å²) in [6, 6.07) is 17.0. The Balaban J connectivity index is 1.46. The van der Waals surface area contributed by atoms with Crippen LogP contribution in [0.1, 0.15) is 21.8 Å². The van der Waals surface area contributed by atoms with Crippen molar-refractivity contribution in [3.05, 3.63) is 71.1 Å². The van der Waals surface area contributed by atoms with Gasteiger partial charge in [-0.2, -0.15) is 0 Å². The summed E-state index contributed by atoms with van der Waals surface area (Å²) < 4.78 is 10.8. The van der Waals surface area contributed by atoms with E-state index in [4.69, 9.17) is 14.8 Å². The van der Waals surface area contributed by atoms with Crippen LogP contribution >= 0.6 is 19.3 Å². The second-order valence-electron chi connectivity index (χ2n) is 7.07. The molecule has 1 fully saturated rings. The van der Waals surface area contributed by atoms with E-state index in [1.807, 2.05) is 41.8 Å². The van der Waals surface area contributed by atoms with Crippen LogP contribution < -0.4 is 11.1 Å². The zero-order chi connectivity index (χ0) is 20.4. The average Bonchev–Trinajstić information content (AvgIpc) is 3.25. The number of hydrogen-bond donors (Lipinski definition) is 3. The Morgan fingerprint density at radius 3 is 2.55 bits per heavy atom. The van der Waals surface area contributed by atoms with Crippen molar-refractivity contribution in [3.63, 3.8) is 0 Å². The minimum atomic E-state index is -2.94. The minimum absolute atomic E-state index is 0.0398. The molecule has 0 spiro atoms. The number of anilines is 2. The fraction of sp³-hybridized carbons (Fsp3) is 0.190. The first-order chi connectivity index (χ1) is 13.9. The number of rotatable bonds is 4. The molecule has 4 N–H and O–H groups in total. The molecule has 1 aliphatic heterocycles. The Labute approximate surface area is 173 Å². The first kappa shape index (κ1) is 20.0. The molecule has 0 bridgehead atoms. The van der Waals surface area contributed by atoms with Crippen molar-refractivity contribution in [2.45, 2.75) is 5.92 Å². The number of nitrogens with one attached hydrogen (secondary N) is 1. The van der Waals surface area contributed by atoms with E-state index in [9.17, 15) is 9.69 Å². The Morgan fingerprint density at radius 1 is 1.17 bits per heavy atom. The third-order valence-electron chi connectivity index (χ3n) is 4.86. The SMILES string of the molecule is C[PH]1(O)OCC(c2ccc(C(=O)Nc3cc(-c4cccs4)ccc3N)cc2)CO1. The van der Waals surface area contributed by atoms with E-state index in [1.54, 1.807) is 36.2 Å². The Morgan fingerprint density at radius 2 is 1.90 bits per heavy atom. The van der Waals surface area contributed by atoms with Crippen LogP contribution in [0.25, 0.3) is 10.4 Å². The van der Waals surface area contributed by atoms with Gasteiger partial charge in [-0.1, -0.05) is 12.1 Å². The molecule has 3 aromatic rings. The maximum atomic E-state index is 12.7. The Kier molecular flexibility index (Phi) is 5.67. The monoisotopic (exact) mass is 430 g/mol. The zero-order valence-corrected chi connectivity index (χ0v) is 17.7. The molecule has 152 valence electrons. The second kappa shape index (κ2) is 8.22. The number of nitrogens with two attached hydrogens (primary N) is 1. The normalized spacial score (nSPS) is 19.4. The van der Waals surface area contributed by atoms with Crippen LogP contribution in [0, 0.1) is 0 Å². The Bertz CT molecular complexity index is 996. The van der Waals surface area contributed by atoms with Crippen LogP contribution in [0.4, 0.5) is 11.4 Å². The van der Waals surface area contributed by atoms with Crippen molar-refractivity contribution in [3.8, 4) is 10.4 Å². The van der Waals surface area contributed by atoms with Gasteiger partial charge in [-0.25, -0.2) is 0 Å². The van der Waals surface area contributed by atoms with Crippen molar-refractivity contribution in [2.24, 2.45) is 0 Å². The number of carbonyl (C=O) groups is 1. The standard InChI is InChI=1S/C21H23N2O4PS/c1-28(25)26-12-17(13-27-28)14-4-6-15(7-5-14)21(24)23-19-11-16(8-9-18(19)22)20-3-2-10-29-20/h2-11,17,25,28H,12-13,22H2,1H3,(H,23,24). The van der Waals surface area contributed by atoms with Crippen LogP contribution in [0.5, 0.6) is 0 Å².